The molecule has 1 unspecified atom stereocenters. The first kappa shape index (κ1) is 21.9. The van der Waals surface area contributed by atoms with Gasteiger partial charge in [0.05, 0.1) is 7.11 Å². The molecule has 1 aromatic rings. The van der Waals surface area contributed by atoms with Crippen LogP contribution in [0.5, 0.6) is 11.5 Å². The van der Waals surface area contributed by atoms with Crippen LogP contribution in [0.3, 0.4) is 0 Å². The number of nitrogens with one attached hydrogen (secondary N) is 1. The van der Waals surface area contributed by atoms with E-state index in [0.29, 0.717) is 19.2 Å². The molecule has 0 amide bonds. The number of aliphatic hydroxyl groups is 1. The lowest BCUT2D eigenvalue weighted by Gasteiger charge is -2.27. The number of hydrogen-bond acceptors (Lipinski definition) is 5. The van der Waals surface area contributed by atoms with Crippen LogP contribution in [0.25, 0.3) is 0 Å². The van der Waals surface area contributed by atoms with Crippen molar-refractivity contribution >= 4 is 0 Å². The number of methoxy groups -OCH3 is 1. The number of ether oxygens (including phenoxy) is 2. The molecule has 1 atom stereocenters. The highest BCUT2D eigenvalue weighted by Gasteiger charge is 2.41. The average molecular weight is 417 g/mol. The Balaban J connectivity index is 1.31. The minimum absolute atomic E-state index is 0.325. The van der Waals surface area contributed by atoms with Crippen LogP contribution in [-0.2, 0) is 6.54 Å². The maximum Gasteiger partial charge on any atom is 0.127 e. The van der Waals surface area contributed by atoms with E-state index in [-0.39, 0.29) is 0 Å². The van der Waals surface area contributed by atoms with Gasteiger partial charge in [-0.25, -0.2) is 0 Å². The van der Waals surface area contributed by atoms with Gasteiger partial charge >= 0.3 is 0 Å². The zero-order valence-electron chi connectivity index (χ0n) is 18.7. The quantitative estimate of drug-likeness (QED) is 0.571. The number of benzene rings is 1. The lowest BCUT2D eigenvalue weighted by molar-refractivity contribution is 0.0649. The minimum atomic E-state index is -0.470. The average Bonchev–Trinajstić information content (AvgIpc) is 3.63. The van der Waals surface area contributed by atoms with Crippen LogP contribution in [-0.4, -0.2) is 55.5 Å². The van der Waals surface area contributed by atoms with Crippen molar-refractivity contribution in [3.8, 4) is 11.5 Å². The first-order valence-corrected chi connectivity index (χ1v) is 12.2. The number of hydrogen-bond donors (Lipinski definition) is 2. The van der Waals surface area contributed by atoms with Crippen molar-refractivity contribution in [2.24, 2.45) is 11.8 Å². The fourth-order valence-electron chi connectivity index (χ4n) is 4.83. The molecule has 1 aliphatic heterocycles. The molecule has 3 fully saturated rings. The highest BCUT2D eigenvalue weighted by atomic mass is 16.5. The van der Waals surface area contributed by atoms with Crippen molar-refractivity contribution in [3.05, 3.63) is 23.8 Å². The largest absolute Gasteiger partial charge is 0.497 e. The van der Waals surface area contributed by atoms with E-state index >= 15 is 0 Å². The standard InChI is InChI=1S/C25H40N2O3/c1-29-23-12-11-21(16-26-25(19-7-8-19)20-9-10-20)24(15-23)30-18-22(28)17-27-13-5-3-2-4-6-14-27/h11-12,15,19-20,22,25-26,28H,2-10,13-14,16-18H2,1H3. The third-order valence-corrected chi connectivity index (χ3v) is 6.91. The van der Waals surface area contributed by atoms with Gasteiger partial charge in [0.2, 0.25) is 0 Å². The molecular weight excluding hydrogens is 376 g/mol. The molecule has 2 N–H and O–H groups in total. The molecule has 0 spiro atoms. The summed E-state index contributed by atoms with van der Waals surface area (Å²) < 4.78 is 11.5. The predicted molar refractivity (Wildman–Crippen MR) is 120 cm³/mol. The van der Waals surface area contributed by atoms with Crippen LogP contribution in [0.2, 0.25) is 0 Å². The smallest absolute Gasteiger partial charge is 0.127 e. The van der Waals surface area contributed by atoms with Crippen LogP contribution >= 0.6 is 0 Å². The fourth-order valence-corrected chi connectivity index (χ4v) is 4.83. The molecule has 0 bridgehead atoms. The Morgan fingerprint density at radius 2 is 1.70 bits per heavy atom. The first-order valence-electron chi connectivity index (χ1n) is 12.2. The van der Waals surface area contributed by atoms with E-state index in [1.807, 2.05) is 12.1 Å². The zero-order chi connectivity index (χ0) is 20.8. The van der Waals surface area contributed by atoms with Gasteiger partial charge in [0, 0.05) is 30.8 Å². The summed E-state index contributed by atoms with van der Waals surface area (Å²) in [4.78, 5) is 2.40. The van der Waals surface area contributed by atoms with E-state index in [0.717, 1.165) is 48.5 Å². The molecule has 2 aliphatic carbocycles. The van der Waals surface area contributed by atoms with Gasteiger partial charge in [0.15, 0.2) is 0 Å². The Kier molecular flexibility index (Phi) is 7.91. The van der Waals surface area contributed by atoms with Crippen LogP contribution in [0.4, 0.5) is 0 Å². The molecule has 3 aliphatic rings. The summed E-state index contributed by atoms with van der Waals surface area (Å²) in [6.45, 7) is 4.03. The van der Waals surface area contributed by atoms with E-state index in [4.69, 9.17) is 9.47 Å². The van der Waals surface area contributed by atoms with Gasteiger partial charge in [-0.15, -0.1) is 0 Å². The van der Waals surface area contributed by atoms with E-state index < -0.39 is 6.10 Å². The summed E-state index contributed by atoms with van der Waals surface area (Å²) in [6, 6.07) is 6.73. The monoisotopic (exact) mass is 416 g/mol. The zero-order valence-corrected chi connectivity index (χ0v) is 18.7. The molecule has 5 heteroatoms. The second kappa shape index (κ2) is 10.8. The molecule has 30 heavy (non-hydrogen) atoms. The number of nitrogens with zero attached hydrogens (tertiary/aromatic N) is 1. The number of rotatable bonds is 11. The van der Waals surface area contributed by atoms with E-state index in [9.17, 15) is 5.11 Å². The van der Waals surface area contributed by atoms with Crippen LogP contribution in [0.1, 0.15) is 63.4 Å². The molecule has 5 nitrogen and oxygen atoms in total. The third kappa shape index (κ3) is 6.60. The lowest BCUT2D eigenvalue weighted by Crippen LogP contribution is -2.37. The van der Waals surface area contributed by atoms with E-state index in [1.54, 1.807) is 7.11 Å². The van der Waals surface area contributed by atoms with Gasteiger partial charge in [-0.05, 0) is 69.5 Å². The number of aliphatic hydroxyl groups excluding tert-OH is 1. The maximum absolute atomic E-state index is 10.6. The summed E-state index contributed by atoms with van der Waals surface area (Å²) in [5.41, 5.74) is 1.15. The summed E-state index contributed by atoms with van der Waals surface area (Å²) in [5.74, 6) is 3.38. The van der Waals surface area contributed by atoms with Gasteiger partial charge in [-0.1, -0.05) is 25.3 Å². The summed E-state index contributed by atoms with van der Waals surface area (Å²) in [6.07, 6.45) is 11.5. The van der Waals surface area contributed by atoms with Crippen LogP contribution < -0.4 is 14.8 Å². The van der Waals surface area contributed by atoms with Crippen molar-refractivity contribution in [3.63, 3.8) is 0 Å². The summed E-state index contributed by atoms with van der Waals surface area (Å²) >= 11 is 0. The van der Waals surface area contributed by atoms with Gasteiger partial charge in [-0.3, -0.25) is 0 Å². The summed E-state index contributed by atoms with van der Waals surface area (Å²) in [5, 5.41) is 14.4. The topological polar surface area (TPSA) is 54.0 Å². The van der Waals surface area contributed by atoms with Crippen LogP contribution in [0, 0.1) is 11.8 Å². The second-order valence-electron chi connectivity index (χ2n) is 9.59. The normalized spacial score (nSPS) is 21.8. The Morgan fingerprint density at radius 3 is 2.33 bits per heavy atom. The van der Waals surface area contributed by atoms with Gasteiger partial charge in [0.25, 0.3) is 0 Å². The Morgan fingerprint density at radius 1 is 1.03 bits per heavy atom. The first-order chi connectivity index (χ1) is 14.7. The van der Waals surface area contributed by atoms with Crippen molar-refractivity contribution < 1.29 is 14.6 Å². The molecule has 1 heterocycles. The Labute approximate surface area is 182 Å². The molecule has 168 valence electrons. The lowest BCUT2D eigenvalue weighted by atomic mass is 10.1. The van der Waals surface area contributed by atoms with E-state index in [1.165, 1.54) is 57.8 Å². The molecule has 1 saturated heterocycles. The maximum atomic E-state index is 10.6. The summed E-state index contributed by atoms with van der Waals surface area (Å²) in [7, 11) is 1.68. The SMILES string of the molecule is COc1ccc(CNC(C2CC2)C2CC2)c(OCC(O)CN2CCCCCCC2)c1. The predicted octanol–water partition coefficient (Wildman–Crippen LogP) is 3.98. The van der Waals surface area contributed by atoms with Crippen LogP contribution in [0.15, 0.2) is 18.2 Å². The van der Waals surface area contributed by atoms with Crippen molar-refractivity contribution in [1.82, 2.24) is 10.2 Å². The third-order valence-electron chi connectivity index (χ3n) is 6.91. The second-order valence-corrected chi connectivity index (χ2v) is 9.59. The fraction of sp³-hybridized carbons (Fsp3) is 0.760. The highest BCUT2D eigenvalue weighted by Crippen LogP contribution is 2.44. The van der Waals surface area contributed by atoms with Gasteiger partial charge < -0.3 is 24.8 Å². The Bertz CT molecular complexity index is 640. The van der Waals surface area contributed by atoms with Gasteiger partial charge in [-0.2, -0.15) is 0 Å². The molecule has 0 radical (unpaired) electrons. The van der Waals surface area contributed by atoms with E-state index in [2.05, 4.69) is 16.3 Å². The van der Waals surface area contributed by atoms with Crippen molar-refractivity contribution in [2.75, 3.05) is 33.4 Å². The number of likely N-dealkylation sites (tertiary alicyclic amines) is 1. The molecule has 2 saturated carbocycles. The highest BCUT2D eigenvalue weighted by molar-refractivity contribution is 5.40. The molecule has 4 rings (SSSR count). The van der Waals surface area contributed by atoms with Crippen molar-refractivity contribution in [2.45, 2.75) is 76.5 Å². The van der Waals surface area contributed by atoms with Crippen molar-refractivity contribution in [1.29, 1.82) is 0 Å². The molecular formula is C25H40N2O3. The van der Waals surface area contributed by atoms with Gasteiger partial charge in [0.1, 0.15) is 24.2 Å². The molecule has 0 aromatic heterocycles. The molecule has 1 aromatic carbocycles. The minimum Gasteiger partial charge on any atom is -0.497 e. The Hall–Kier alpha value is -1.30. The number of β-amino-alcohol motifs (C(OH)–C–C–N with tert-alkyl or cyclic N) is 1.